The molecule has 0 aliphatic rings. The third-order valence-electron chi connectivity index (χ3n) is 3.06. The smallest absolute Gasteiger partial charge is 0.327 e. The van der Waals surface area contributed by atoms with Crippen molar-refractivity contribution in [2.45, 2.75) is 19.6 Å². The van der Waals surface area contributed by atoms with Gasteiger partial charge >= 0.3 is 5.97 Å². The summed E-state index contributed by atoms with van der Waals surface area (Å²) in [5, 5.41) is 11.2. The molecule has 1 heterocycles. The van der Waals surface area contributed by atoms with Crippen molar-refractivity contribution >= 4 is 11.9 Å². The second kappa shape index (κ2) is 9.09. The van der Waals surface area contributed by atoms with Gasteiger partial charge in [-0.1, -0.05) is 24.3 Å². The van der Waals surface area contributed by atoms with E-state index < -0.39 is 5.97 Å². The van der Waals surface area contributed by atoms with Crippen LogP contribution in [0.1, 0.15) is 17.7 Å². The highest BCUT2D eigenvalue weighted by molar-refractivity contribution is 5.82. The zero-order valence-corrected chi connectivity index (χ0v) is 13.0. The molecule has 6 nitrogen and oxygen atoms in total. The van der Waals surface area contributed by atoms with Crippen LogP contribution in [0.4, 0.5) is 0 Å². The molecule has 0 bridgehead atoms. The molecule has 0 unspecified atom stereocenters. The number of hydrogen-bond donors (Lipinski definition) is 2. The summed E-state index contributed by atoms with van der Waals surface area (Å²) in [4.78, 5) is 26.1. The van der Waals surface area contributed by atoms with Crippen molar-refractivity contribution in [3.05, 3.63) is 72.1 Å². The molecule has 2 aromatic rings. The van der Waals surface area contributed by atoms with Gasteiger partial charge in [0, 0.05) is 25.2 Å². The molecule has 24 heavy (non-hydrogen) atoms. The summed E-state index contributed by atoms with van der Waals surface area (Å²) in [6, 6.07) is 13.0. The Morgan fingerprint density at radius 3 is 2.83 bits per heavy atom. The molecular formula is C18H18N2O4. The molecule has 1 amide bonds. The van der Waals surface area contributed by atoms with Crippen molar-refractivity contribution in [3.63, 3.8) is 0 Å². The number of carbonyl (C=O) groups is 2. The van der Waals surface area contributed by atoms with E-state index in [1.165, 1.54) is 6.08 Å². The lowest BCUT2D eigenvalue weighted by molar-refractivity contribution is -0.131. The Hall–Kier alpha value is -3.15. The molecular weight excluding hydrogens is 308 g/mol. The topological polar surface area (TPSA) is 88.5 Å². The molecule has 6 heteroatoms. The summed E-state index contributed by atoms with van der Waals surface area (Å²) < 4.78 is 5.68. The number of amides is 1. The number of hydrogen-bond acceptors (Lipinski definition) is 4. The van der Waals surface area contributed by atoms with Crippen LogP contribution < -0.4 is 10.1 Å². The number of benzene rings is 1. The van der Waals surface area contributed by atoms with Crippen LogP contribution in [-0.4, -0.2) is 22.0 Å². The second-order valence-electron chi connectivity index (χ2n) is 4.98. The predicted octanol–water partition coefficient (Wildman–Crippen LogP) is 2.31. The molecule has 0 aliphatic heterocycles. The molecule has 1 aromatic carbocycles. The Labute approximate surface area is 139 Å². The van der Waals surface area contributed by atoms with E-state index in [9.17, 15) is 9.59 Å². The number of aliphatic carboxylic acids is 1. The Bertz CT molecular complexity index is 714. The van der Waals surface area contributed by atoms with E-state index in [-0.39, 0.29) is 12.3 Å². The van der Waals surface area contributed by atoms with Gasteiger partial charge in [0.2, 0.25) is 5.91 Å². The maximum atomic E-state index is 11.6. The van der Waals surface area contributed by atoms with Gasteiger partial charge in [-0.25, -0.2) is 4.79 Å². The highest BCUT2D eigenvalue weighted by atomic mass is 16.5. The lowest BCUT2D eigenvalue weighted by Crippen LogP contribution is -2.21. The maximum Gasteiger partial charge on any atom is 0.327 e. The number of carbonyl (C=O) groups excluding carboxylic acids is 1. The summed E-state index contributed by atoms with van der Waals surface area (Å²) in [6.07, 6.45) is 4.00. The summed E-state index contributed by atoms with van der Waals surface area (Å²) in [7, 11) is 0. The van der Waals surface area contributed by atoms with Crippen molar-refractivity contribution in [2.75, 3.05) is 0 Å². The van der Waals surface area contributed by atoms with Crippen LogP contribution in [0.5, 0.6) is 5.75 Å². The van der Waals surface area contributed by atoms with Crippen LogP contribution in [0, 0.1) is 0 Å². The number of aromatic nitrogens is 1. The van der Waals surface area contributed by atoms with E-state index in [2.05, 4.69) is 10.3 Å². The van der Waals surface area contributed by atoms with Crippen LogP contribution in [0.3, 0.4) is 0 Å². The number of carboxylic acid groups (broad SMARTS) is 1. The normalized spacial score (nSPS) is 10.5. The van der Waals surface area contributed by atoms with Gasteiger partial charge in [-0.05, 0) is 29.8 Å². The first-order chi connectivity index (χ1) is 11.6. The van der Waals surface area contributed by atoms with Crippen molar-refractivity contribution in [1.29, 1.82) is 0 Å². The molecule has 2 rings (SSSR count). The third-order valence-corrected chi connectivity index (χ3v) is 3.06. The molecule has 1 aromatic heterocycles. The number of ether oxygens (including phenoxy) is 1. The third kappa shape index (κ3) is 6.31. The number of carboxylic acids is 1. The molecule has 0 fully saturated rings. The lowest BCUT2D eigenvalue weighted by Gasteiger charge is -2.08. The largest absolute Gasteiger partial charge is 0.487 e. The summed E-state index contributed by atoms with van der Waals surface area (Å²) in [5.41, 5.74) is 1.73. The van der Waals surface area contributed by atoms with E-state index >= 15 is 0 Å². The van der Waals surface area contributed by atoms with Gasteiger partial charge in [0.25, 0.3) is 0 Å². The van der Waals surface area contributed by atoms with Crippen molar-refractivity contribution < 1.29 is 19.4 Å². The van der Waals surface area contributed by atoms with Crippen molar-refractivity contribution in [2.24, 2.45) is 0 Å². The molecule has 0 aliphatic carbocycles. The number of nitrogens with one attached hydrogen (secondary N) is 1. The molecule has 0 atom stereocenters. The first-order valence-corrected chi connectivity index (χ1v) is 7.41. The highest BCUT2D eigenvalue weighted by Crippen LogP contribution is 2.14. The standard InChI is InChI=1S/C18H18N2O4/c21-17(8-4-9-18(22)23)20-12-14-5-3-7-16(11-14)24-13-15-6-1-2-10-19-15/h1-7,9-11H,8,12-13H2,(H,20,21)(H,22,23)/b9-4+. The van der Waals surface area contributed by atoms with Gasteiger partial charge in [-0.3, -0.25) is 9.78 Å². The predicted molar refractivity (Wildman–Crippen MR) is 88.3 cm³/mol. The maximum absolute atomic E-state index is 11.6. The van der Waals surface area contributed by atoms with Gasteiger partial charge in [0.1, 0.15) is 12.4 Å². The molecule has 0 saturated carbocycles. The van der Waals surface area contributed by atoms with E-state index in [1.807, 2.05) is 42.5 Å². The molecule has 0 radical (unpaired) electrons. The summed E-state index contributed by atoms with van der Waals surface area (Å²) >= 11 is 0. The quantitative estimate of drug-likeness (QED) is 0.727. The lowest BCUT2D eigenvalue weighted by atomic mass is 10.2. The van der Waals surface area contributed by atoms with Crippen molar-refractivity contribution in [3.8, 4) is 5.75 Å². The van der Waals surface area contributed by atoms with Crippen molar-refractivity contribution in [1.82, 2.24) is 10.3 Å². The zero-order chi connectivity index (χ0) is 17.2. The summed E-state index contributed by atoms with van der Waals surface area (Å²) in [5.74, 6) is -0.619. The number of rotatable bonds is 8. The van der Waals surface area contributed by atoms with Gasteiger partial charge in [0.05, 0.1) is 5.69 Å². The first kappa shape index (κ1) is 17.2. The van der Waals surface area contributed by atoms with Crippen LogP contribution >= 0.6 is 0 Å². The van der Waals surface area contributed by atoms with E-state index in [0.29, 0.717) is 18.9 Å². The minimum Gasteiger partial charge on any atom is -0.487 e. The number of nitrogens with zero attached hydrogens (tertiary/aromatic N) is 1. The first-order valence-electron chi connectivity index (χ1n) is 7.41. The van der Waals surface area contributed by atoms with Gasteiger partial charge in [-0.2, -0.15) is 0 Å². The molecule has 124 valence electrons. The molecule has 0 saturated heterocycles. The second-order valence-corrected chi connectivity index (χ2v) is 4.98. The Morgan fingerprint density at radius 2 is 2.08 bits per heavy atom. The fourth-order valence-corrected chi connectivity index (χ4v) is 1.93. The fraction of sp³-hybridized carbons (Fsp3) is 0.167. The average Bonchev–Trinajstić information content (AvgIpc) is 2.59. The van der Waals surface area contributed by atoms with Crippen LogP contribution in [0.25, 0.3) is 0 Å². The average molecular weight is 326 g/mol. The fourth-order valence-electron chi connectivity index (χ4n) is 1.93. The number of pyridine rings is 1. The van der Waals surface area contributed by atoms with E-state index in [4.69, 9.17) is 9.84 Å². The minimum absolute atomic E-state index is 0.0299. The Morgan fingerprint density at radius 1 is 1.21 bits per heavy atom. The zero-order valence-electron chi connectivity index (χ0n) is 13.0. The van der Waals surface area contributed by atoms with E-state index in [0.717, 1.165) is 17.3 Å². The van der Waals surface area contributed by atoms with E-state index in [1.54, 1.807) is 6.20 Å². The van der Waals surface area contributed by atoms with Crippen LogP contribution in [-0.2, 0) is 22.7 Å². The summed E-state index contributed by atoms with van der Waals surface area (Å²) in [6.45, 7) is 0.719. The van der Waals surface area contributed by atoms with Crippen LogP contribution in [0.15, 0.2) is 60.8 Å². The Kier molecular flexibility index (Phi) is 6.52. The van der Waals surface area contributed by atoms with Gasteiger partial charge in [-0.15, -0.1) is 0 Å². The van der Waals surface area contributed by atoms with Gasteiger partial charge in [0.15, 0.2) is 0 Å². The van der Waals surface area contributed by atoms with Crippen LogP contribution in [0.2, 0.25) is 0 Å². The highest BCUT2D eigenvalue weighted by Gasteiger charge is 2.02. The Balaban J connectivity index is 1.82. The van der Waals surface area contributed by atoms with Gasteiger partial charge < -0.3 is 15.2 Å². The molecule has 2 N–H and O–H groups in total. The monoisotopic (exact) mass is 326 g/mol. The molecule has 0 spiro atoms. The SMILES string of the molecule is O=C(O)/C=C/CC(=O)NCc1cccc(OCc2ccccn2)c1. The minimum atomic E-state index is -1.07.